The number of aromatic nitrogens is 2. The van der Waals surface area contributed by atoms with Gasteiger partial charge in [-0.15, -0.1) is 0 Å². The molecule has 0 amide bonds. The molecule has 4 heteroatoms. The van der Waals surface area contributed by atoms with E-state index in [1.807, 2.05) is 0 Å². The van der Waals surface area contributed by atoms with Gasteiger partial charge >= 0.3 is 0 Å². The molecular formula is C14H23N3O. The maximum atomic E-state index is 12.1. The lowest BCUT2D eigenvalue weighted by Gasteiger charge is -2.13. The topological polar surface area (TPSA) is 46.9 Å². The molecule has 1 aliphatic carbocycles. The summed E-state index contributed by atoms with van der Waals surface area (Å²) in [5, 5.41) is 3.22. The molecule has 1 aromatic heterocycles. The number of anilines is 1. The van der Waals surface area contributed by atoms with Crippen LogP contribution in [0.5, 0.6) is 0 Å². The van der Waals surface area contributed by atoms with Crippen molar-refractivity contribution in [2.45, 2.75) is 46.1 Å². The van der Waals surface area contributed by atoms with Crippen molar-refractivity contribution in [2.24, 2.45) is 11.8 Å². The molecule has 0 spiro atoms. The van der Waals surface area contributed by atoms with Crippen molar-refractivity contribution >= 4 is 5.82 Å². The quantitative estimate of drug-likeness (QED) is 0.872. The first-order chi connectivity index (χ1) is 8.66. The minimum Gasteiger partial charge on any atom is -0.365 e. The molecule has 1 heterocycles. The second-order valence-electron chi connectivity index (χ2n) is 5.66. The van der Waals surface area contributed by atoms with Gasteiger partial charge < -0.3 is 9.88 Å². The largest absolute Gasteiger partial charge is 0.365 e. The molecule has 0 atom stereocenters. The van der Waals surface area contributed by atoms with E-state index >= 15 is 0 Å². The molecule has 1 aromatic rings. The third-order valence-corrected chi connectivity index (χ3v) is 3.51. The number of hydrogen-bond acceptors (Lipinski definition) is 3. The summed E-state index contributed by atoms with van der Waals surface area (Å²) in [7, 11) is 0. The number of nitrogens with zero attached hydrogens (tertiary/aromatic N) is 2. The first-order valence-corrected chi connectivity index (χ1v) is 6.96. The van der Waals surface area contributed by atoms with Crippen molar-refractivity contribution in [1.29, 1.82) is 0 Å². The summed E-state index contributed by atoms with van der Waals surface area (Å²) in [5.74, 6) is 1.68. The maximum absolute atomic E-state index is 12.1. The lowest BCUT2D eigenvalue weighted by molar-refractivity contribution is 0.508. The minimum atomic E-state index is 0.00389. The van der Waals surface area contributed by atoms with Gasteiger partial charge in [0, 0.05) is 25.5 Å². The van der Waals surface area contributed by atoms with Crippen molar-refractivity contribution in [3.05, 3.63) is 22.7 Å². The highest BCUT2D eigenvalue weighted by Gasteiger charge is 2.15. The SMILES string of the molecule is CC(C)Cn1ccnc(NCC2CCCC2)c1=O. The maximum Gasteiger partial charge on any atom is 0.293 e. The predicted octanol–water partition coefficient (Wildman–Crippen LogP) is 2.50. The van der Waals surface area contributed by atoms with E-state index in [-0.39, 0.29) is 5.56 Å². The van der Waals surface area contributed by atoms with Gasteiger partial charge in [-0.05, 0) is 24.7 Å². The Morgan fingerprint density at radius 2 is 2.17 bits per heavy atom. The van der Waals surface area contributed by atoms with Crippen LogP contribution in [0.15, 0.2) is 17.2 Å². The first-order valence-electron chi connectivity index (χ1n) is 6.96. The lowest BCUT2D eigenvalue weighted by Crippen LogP contribution is -2.27. The smallest absolute Gasteiger partial charge is 0.293 e. The Labute approximate surface area is 108 Å². The average molecular weight is 249 g/mol. The Hall–Kier alpha value is -1.32. The fourth-order valence-corrected chi connectivity index (χ4v) is 2.56. The van der Waals surface area contributed by atoms with E-state index in [4.69, 9.17) is 0 Å². The van der Waals surface area contributed by atoms with Crippen molar-refractivity contribution in [2.75, 3.05) is 11.9 Å². The van der Waals surface area contributed by atoms with E-state index < -0.39 is 0 Å². The molecule has 4 nitrogen and oxygen atoms in total. The van der Waals surface area contributed by atoms with Gasteiger partial charge in [0.05, 0.1) is 0 Å². The average Bonchev–Trinajstić information content (AvgIpc) is 2.83. The number of nitrogens with one attached hydrogen (secondary N) is 1. The fraction of sp³-hybridized carbons (Fsp3) is 0.714. The van der Waals surface area contributed by atoms with Gasteiger partial charge in [0.25, 0.3) is 5.56 Å². The summed E-state index contributed by atoms with van der Waals surface area (Å²) >= 11 is 0. The zero-order valence-electron chi connectivity index (χ0n) is 11.4. The second-order valence-corrected chi connectivity index (χ2v) is 5.66. The Morgan fingerprint density at radius 1 is 1.44 bits per heavy atom. The molecule has 1 fully saturated rings. The molecule has 0 saturated heterocycles. The van der Waals surface area contributed by atoms with Crippen LogP contribution in [0, 0.1) is 11.8 Å². The predicted molar refractivity (Wildman–Crippen MR) is 73.8 cm³/mol. The van der Waals surface area contributed by atoms with Gasteiger partial charge in [0.1, 0.15) is 0 Å². The van der Waals surface area contributed by atoms with Gasteiger partial charge in [0.2, 0.25) is 0 Å². The molecule has 0 aromatic carbocycles. The van der Waals surface area contributed by atoms with E-state index in [1.165, 1.54) is 25.7 Å². The van der Waals surface area contributed by atoms with Gasteiger partial charge in [-0.2, -0.15) is 0 Å². The molecule has 18 heavy (non-hydrogen) atoms. The third-order valence-electron chi connectivity index (χ3n) is 3.51. The van der Waals surface area contributed by atoms with E-state index in [0.717, 1.165) is 13.1 Å². The minimum absolute atomic E-state index is 0.00389. The standard InChI is InChI=1S/C14H23N3O/c1-11(2)10-17-8-7-15-13(14(17)18)16-9-12-5-3-4-6-12/h7-8,11-12H,3-6,9-10H2,1-2H3,(H,15,16). The van der Waals surface area contributed by atoms with Crippen LogP contribution in [-0.2, 0) is 6.54 Å². The monoisotopic (exact) mass is 249 g/mol. The van der Waals surface area contributed by atoms with Crippen LogP contribution in [0.1, 0.15) is 39.5 Å². The highest BCUT2D eigenvalue weighted by atomic mass is 16.1. The fourth-order valence-electron chi connectivity index (χ4n) is 2.56. The molecule has 1 saturated carbocycles. The molecule has 0 bridgehead atoms. The number of hydrogen-bond donors (Lipinski definition) is 1. The first kappa shape index (κ1) is 13.1. The van der Waals surface area contributed by atoms with Crippen LogP contribution in [0.4, 0.5) is 5.82 Å². The molecule has 0 radical (unpaired) electrons. The molecular weight excluding hydrogens is 226 g/mol. The molecule has 0 aliphatic heterocycles. The summed E-state index contributed by atoms with van der Waals surface area (Å²) in [4.78, 5) is 16.3. The Morgan fingerprint density at radius 3 is 2.83 bits per heavy atom. The lowest BCUT2D eigenvalue weighted by atomic mass is 10.1. The highest BCUT2D eigenvalue weighted by Crippen LogP contribution is 2.24. The van der Waals surface area contributed by atoms with Crippen LogP contribution in [-0.4, -0.2) is 16.1 Å². The van der Waals surface area contributed by atoms with Crippen molar-refractivity contribution < 1.29 is 0 Å². The van der Waals surface area contributed by atoms with E-state index in [9.17, 15) is 4.79 Å². The molecule has 1 N–H and O–H groups in total. The van der Waals surface area contributed by atoms with Gasteiger partial charge in [-0.1, -0.05) is 26.7 Å². The molecule has 1 aliphatic rings. The van der Waals surface area contributed by atoms with Crippen LogP contribution < -0.4 is 10.9 Å². The molecule has 2 rings (SSSR count). The summed E-state index contributed by atoms with van der Waals surface area (Å²) in [5.41, 5.74) is 0.00389. The normalized spacial score (nSPS) is 16.4. The Balaban J connectivity index is 2.01. The van der Waals surface area contributed by atoms with E-state index in [1.54, 1.807) is 17.0 Å². The van der Waals surface area contributed by atoms with Crippen molar-refractivity contribution in [3.63, 3.8) is 0 Å². The number of rotatable bonds is 5. The van der Waals surface area contributed by atoms with Gasteiger partial charge in [-0.25, -0.2) is 4.98 Å². The second kappa shape index (κ2) is 6.03. The van der Waals surface area contributed by atoms with Crippen LogP contribution in [0.3, 0.4) is 0 Å². The van der Waals surface area contributed by atoms with E-state index in [0.29, 0.717) is 17.7 Å². The summed E-state index contributed by atoms with van der Waals surface area (Å²) in [6.07, 6.45) is 8.68. The third kappa shape index (κ3) is 3.34. The molecule has 0 unspecified atom stereocenters. The summed E-state index contributed by atoms with van der Waals surface area (Å²) < 4.78 is 1.74. The van der Waals surface area contributed by atoms with Crippen molar-refractivity contribution in [1.82, 2.24) is 9.55 Å². The van der Waals surface area contributed by atoms with Crippen LogP contribution in [0.25, 0.3) is 0 Å². The zero-order chi connectivity index (χ0) is 13.0. The Kier molecular flexibility index (Phi) is 4.39. The Bertz CT molecular complexity index is 433. The van der Waals surface area contributed by atoms with Gasteiger partial charge in [-0.3, -0.25) is 4.79 Å². The van der Waals surface area contributed by atoms with Crippen LogP contribution in [0.2, 0.25) is 0 Å². The van der Waals surface area contributed by atoms with E-state index in [2.05, 4.69) is 24.1 Å². The highest BCUT2D eigenvalue weighted by molar-refractivity contribution is 5.30. The zero-order valence-corrected chi connectivity index (χ0v) is 11.4. The summed E-state index contributed by atoms with van der Waals surface area (Å²) in [6, 6.07) is 0. The van der Waals surface area contributed by atoms with Crippen molar-refractivity contribution in [3.8, 4) is 0 Å². The van der Waals surface area contributed by atoms with Gasteiger partial charge in [0.15, 0.2) is 5.82 Å². The summed E-state index contributed by atoms with van der Waals surface area (Å²) in [6.45, 7) is 5.85. The van der Waals surface area contributed by atoms with Crippen LogP contribution >= 0.6 is 0 Å². The molecule has 100 valence electrons.